The van der Waals surface area contributed by atoms with Crippen LogP contribution in [0.4, 0.5) is 0 Å². The Morgan fingerprint density at radius 1 is 1.44 bits per heavy atom. The Kier molecular flexibility index (Phi) is 5.80. The number of aliphatic hydroxyl groups is 1. The summed E-state index contributed by atoms with van der Waals surface area (Å²) in [6.07, 6.45) is 0.169. The summed E-state index contributed by atoms with van der Waals surface area (Å²) in [6, 6.07) is 4.92. The van der Waals surface area contributed by atoms with E-state index in [-0.39, 0.29) is 16.9 Å². The number of aromatic nitrogens is 2. The fraction of sp³-hybridized carbons (Fsp3) is 0.500. The molecule has 0 aliphatic carbocycles. The van der Waals surface area contributed by atoms with Crippen LogP contribution >= 0.6 is 12.2 Å². The molecule has 6 nitrogen and oxygen atoms in total. The number of nitrogens with zero attached hydrogens (tertiary/aromatic N) is 1. The molecule has 0 saturated heterocycles. The van der Waals surface area contributed by atoms with Gasteiger partial charge in [-0.05, 0) is 56.1 Å². The fourth-order valence-electron chi connectivity index (χ4n) is 2.98. The van der Waals surface area contributed by atoms with Crippen molar-refractivity contribution in [3.63, 3.8) is 0 Å². The summed E-state index contributed by atoms with van der Waals surface area (Å²) in [5, 5.41) is 12.9. The van der Waals surface area contributed by atoms with E-state index >= 15 is 0 Å². The summed E-state index contributed by atoms with van der Waals surface area (Å²) in [4.78, 5) is 27.8. The van der Waals surface area contributed by atoms with Gasteiger partial charge >= 0.3 is 0 Å². The van der Waals surface area contributed by atoms with Crippen LogP contribution in [-0.4, -0.2) is 33.2 Å². The second-order valence-corrected chi connectivity index (χ2v) is 7.53. The summed E-state index contributed by atoms with van der Waals surface area (Å²) >= 11 is 5.20. The van der Waals surface area contributed by atoms with Crippen molar-refractivity contribution in [3.8, 4) is 0 Å². The zero-order valence-corrected chi connectivity index (χ0v) is 15.9. The van der Waals surface area contributed by atoms with E-state index in [1.165, 1.54) is 4.57 Å². The lowest BCUT2D eigenvalue weighted by Gasteiger charge is -2.26. The second-order valence-electron chi connectivity index (χ2n) is 7.14. The lowest BCUT2D eigenvalue weighted by molar-refractivity contribution is 0.0902. The molecule has 0 saturated carbocycles. The van der Waals surface area contributed by atoms with Gasteiger partial charge in [0.05, 0.1) is 17.0 Å². The van der Waals surface area contributed by atoms with Crippen molar-refractivity contribution in [2.75, 3.05) is 6.54 Å². The van der Waals surface area contributed by atoms with Gasteiger partial charge in [0.1, 0.15) is 0 Å². The van der Waals surface area contributed by atoms with Gasteiger partial charge < -0.3 is 15.4 Å². The highest BCUT2D eigenvalue weighted by atomic mass is 32.1. The van der Waals surface area contributed by atoms with Crippen LogP contribution in [0.5, 0.6) is 0 Å². The van der Waals surface area contributed by atoms with Crippen LogP contribution in [-0.2, 0) is 6.54 Å². The molecule has 0 radical (unpaired) electrons. The Labute approximate surface area is 151 Å². The third kappa shape index (κ3) is 4.55. The lowest BCUT2D eigenvalue weighted by Crippen LogP contribution is -2.35. The van der Waals surface area contributed by atoms with Crippen LogP contribution in [0.1, 0.15) is 44.5 Å². The quantitative estimate of drug-likeness (QED) is 0.689. The predicted molar refractivity (Wildman–Crippen MR) is 101 cm³/mol. The summed E-state index contributed by atoms with van der Waals surface area (Å²) in [5.74, 6) is -0.223. The zero-order chi connectivity index (χ0) is 18.8. The van der Waals surface area contributed by atoms with E-state index in [0.29, 0.717) is 40.7 Å². The first-order valence-electron chi connectivity index (χ1n) is 8.38. The highest BCUT2D eigenvalue weighted by Crippen LogP contribution is 2.21. The van der Waals surface area contributed by atoms with E-state index < -0.39 is 6.10 Å². The van der Waals surface area contributed by atoms with Crippen molar-refractivity contribution < 1.29 is 9.90 Å². The number of aromatic amines is 1. The average molecular weight is 363 g/mol. The fourth-order valence-corrected chi connectivity index (χ4v) is 3.30. The molecular formula is C18H25N3O3S. The highest BCUT2D eigenvalue weighted by molar-refractivity contribution is 7.71. The SMILES string of the molecule is CCn1c(=S)[nH]c2cc(C(=O)NCC(C)(C)CC(C)O)ccc2c1=O. The number of nitrogens with one attached hydrogen (secondary N) is 2. The monoisotopic (exact) mass is 363 g/mol. The summed E-state index contributed by atoms with van der Waals surface area (Å²) in [6.45, 7) is 8.51. The molecule has 136 valence electrons. The van der Waals surface area contributed by atoms with Crippen molar-refractivity contribution in [1.29, 1.82) is 0 Å². The Bertz CT molecular complexity index is 897. The number of fused-ring (bicyclic) bond motifs is 1. The number of rotatable bonds is 6. The lowest BCUT2D eigenvalue weighted by atomic mass is 9.87. The van der Waals surface area contributed by atoms with E-state index in [4.69, 9.17) is 12.2 Å². The number of hydrogen-bond acceptors (Lipinski definition) is 4. The summed E-state index contributed by atoms with van der Waals surface area (Å²) in [7, 11) is 0. The normalized spacial score (nSPS) is 13.0. The first-order valence-corrected chi connectivity index (χ1v) is 8.78. The summed E-state index contributed by atoms with van der Waals surface area (Å²) < 4.78 is 1.83. The van der Waals surface area contributed by atoms with Gasteiger partial charge in [-0.3, -0.25) is 14.2 Å². The molecule has 2 aromatic rings. The smallest absolute Gasteiger partial charge is 0.262 e. The van der Waals surface area contributed by atoms with E-state index in [0.717, 1.165) is 0 Å². The molecule has 3 N–H and O–H groups in total. The first-order chi connectivity index (χ1) is 11.6. The molecule has 1 atom stereocenters. The van der Waals surface area contributed by atoms with Crippen LogP contribution in [0.2, 0.25) is 0 Å². The number of hydrogen-bond donors (Lipinski definition) is 3. The average Bonchev–Trinajstić information content (AvgIpc) is 2.51. The number of amides is 1. The molecule has 1 heterocycles. The van der Waals surface area contributed by atoms with Gasteiger partial charge in [0, 0.05) is 18.7 Å². The van der Waals surface area contributed by atoms with E-state index in [1.54, 1.807) is 25.1 Å². The van der Waals surface area contributed by atoms with Gasteiger partial charge in [-0.1, -0.05) is 13.8 Å². The van der Waals surface area contributed by atoms with Crippen molar-refractivity contribution in [2.45, 2.75) is 46.8 Å². The van der Waals surface area contributed by atoms with Gasteiger partial charge in [-0.15, -0.1) is 0 Å². The Morgan fingerprint density at radius 3 is 2.72 bits per heavy atom. The van der Waals surface area contributed by atoms with E-state index in [2.05, 4.69) is 10.3 Å². The van der Waals surface area contributed by atoms with Crippen molar-refractivity contribution in [1.82, 2.24) is 14.9 Å². The highest BCUT2D eigenvalue weighted by Gasteiger charge is 2.21. The van der Waals surface area contributed by atoms with Crippen LogP contribution in [0.15, 0.2) is 23.0 Å². The third-order valence-corrected chi connectivity index (χ3v) is 4.46. The molecular weight excluding hydrogens is 338 g/mol. The van der Waals surface area contributed by atoms with Crippen LogP contribution in [0, 0.1) is 10.2 Å². The Hall–Kier alpha value is -1.99. The maximum atomic E-state index is 12.4. The van der Waals surface area contributed by atoms with Gasteiger partial charge in [-0.2, -0.15) is 0 Å². The Morgan fingerprint density at radius 2 is 2.12 bits per heavy atom. The number of carbonyl (C=O) groups excluding carboxylic acids is 1. The topological polar surface area (TPSA) is 87.1 Å². The molecule has 7 heteroatoms. The van der Waals surface area contributed by atoms with Crippen molar-refractivity contribution in [3.05, 3.63) is 38.9 Å². The molecule has 2 rings (SSSR count). The van der Waals surface area contributed by atoms with Crippen LogP contribution in [0.25, 0.3) is 10.9 Å². The molecule has 1 amide bonds. The first kappa shape index (κ1) is 19.3. The number of aliphatic hydroxyl groups excluding tert-OH is 1. The maximum Gasteiger partial charge on any atom is 0.262 e. The van der Waals surface area contributed by atoms with E-state index in [9.17, 15) is 14.7 Å². The predicted octanol–water partition coefficient (Wildman–Crippen LogP) is 2.61. The largest absolute Gasteiger partial charge is 0.393 e. The number of benzene rings is 1. The van der Waals surface area contributed by atoms with Gasteiger partial charge in [0.25, 0.3) is 11.5 Å². The summed E-state index contributed by atoms with van der Waals surface area (Å²) in [5.41, 5.74) is 0.636. The minimum Gasteiger partial charge on any atom is -0.393 e. The minimum absolute atomic E-state index is 0.161. The molecule has 0 spiro atoms. The molecule has 0 aliphatic heterocycles. The molecule has 0 fully saturated rings. The van der Waals surface area contributed by atoms with Gasteiger partial charge in [0.15, 0.2) is 4.77 Å². The molecule has 0 bridgehead atoms. The van der Waals surface area contributed by atoms with Crippen molar-refractivity contribution >= 4 is 29.0 Å². The minimum atomic E-state index is -0.423. The van der Waals surface area contributed by atoms with Crippen LogP contribution in [0.3, 0.4) is 0 Å². The van der Waals surface area contributed by atoms with Gasteiger partial charge in [-0.25, -0.2) is 0 Å². The van der Waals surface area contributed by atoms with E-state index in [1.807, 2.05) is 20.8 Å². The zero-order valence-electron chi connectivity index (χ0n) is 15.0. The molecule has 1 unspecified atom stereocenters. The molecule has 0 aliphatic rings. The Balaban J connectivity index is 2.26. The van der Waals surface area contributed by atoms with Crippen molar-refractivity contribution in [2.24, 2.45) is 5.41 Å². The number of H-pyrrole nitrogens is 1. The molecule has 1 aromatic heterocycles. The second kappa shape index (κ2) is 7.49. The standard InChI is InChI=1S/C18H25N3O3S/c1-5-21-16(24)13-7-6-12(8-14(13)20-17(21)25)15(23)19-10-18(3,4)9-11(2)22/h6-8,11,22H,5,9-10H2,1-4H3,(H,19,23)(H,20,25). The molecule has 1 aromatic carbocycles. The van der Waals surface area contributed by atoms with Gasteiger partial charge in [0.2, 0.25) is 0 Å². The number of carbonyl (C=O) groups is 1. The third-order valence-electron chi connectivity index (χ3n) is 4.14. The molecule has 25 heavy (non-hydrogen) atoms. The maximum absolute atomic E-state index is 12.4. The van der Waals surface area contributed by atoms with Crippen LogP contribution < -0.4 is 10.9 Å².